The molecule has 2 heterocycles. The maximum absolute atomic E-state index is 13.2. The van der Waals surface area contributed by atoms with Crippen molar-refractivity contribution >= 4 is 21.8 Å². The van der Waals surface area contributed by atoms with Gasteiger partial charge in [-0.1, -0.05) is 12.1 Å². The molecule has 31 heavy (non-hydrogen) atoms. The molecule has 1 aliphatic rings. The lowest BCUT2D eigenvalue weighted by Gasteiger charge is -2.27. The second-order valence-corrected chi connectivity index (χ2v) is 8.53. The number of alkyl halides is 3. The van der Waals surface area contributed by atoms with Crippen molar-refractivity contribution in [3.05, 3.63) is 53.2 Å². The van der Waals surface area contributed by atoms with E-state index in [-0.39, 0.29) is 49.1 Å². The van der Waals surface area contributed by atoms with E-state index < -0.39 is 27.7 Å². The molecule has 1 aromatic carbocycles. The van der Waals surface area contributed by atoms with Crippen LogP contribution in [0.5, 0.6) is 0 Å². The van der Waals surface area contributed by atoms with Gasteiger partial charge in [-0.15, -0.1) is 0 Å². The van der Waals surface area contributed by atoms with Crippen molar-refractivity contribution in [2.75, 3.05) is 38.7 Å². The molecule has 8 nitrogen and oxygen atoms in total. The highest BCUT2D eigenvalue weighted by molar-refractivity contribution is 7.89. The molecule has 1 aliphatic heterocycles. The molecule has 1 saturated heterocycles. The number of ether oxygens (including phenoxy) is 2. The number of nitrogens with zero attached hydrogens (tertiary/aromatic N) is 2. The Morgan fingerprint density at radius 1 is 1.23 bits per heavy atom. The number of esters is 1. The zero-order valence-electron chi connectivity index (χ0n) is 16.5. The molecule has 0 bridgehead atoms. The molecule has 0 saturated carbocycles. The zero-order chi connectivity index (χ0) is 22.6. The fourth-order valence-corrected chi connectivity index (χ4v) is 4.48. The summed E-state index contributed by atoms with van der Waals surface area (Å²) in [4.78, 5) is 15.7. The highest BCUT2D eigenvalue weighted by Gasteiger charge is 2.31. The molecule has 1 aromatic heterocycles. The van der Waals surface area contributed by atoms with Gasteiger partial charge >= 0.3 is 12.1 Å². The van der Waals surface area contributed by atoms with Crippen molar-refractivity contribution in [3.63, 3.8) is 0 Å². The second-order valence-electron chi connectivity index (χ2n) is 6.63. The number of nitrogens with one attached hydrogen (secondary N) is 1. The van der Waals surface area contributed by atoms with Crippen LogP contribution in [0.3, 0.4) is 0 Å². The van der Waals surface area contributed by atoms with Crippen molar-refractivity contribution < 1.29 is 35.9 Å². The maximum atomic E-state index is 13.2. The van der Waals surface area contributed by atoms with E-state index in [0.717, 1.165) is 19.2 Å². The molecule has 12 heteroatoms. The summed E-state index contributed by atoms with van der Waals surface area (Å²) < 4.78 is 75.5. The number of sulfonamides is 1. The van der Waals surface area contributed by atoms with E-state index in [4.69, 9.17) is 4.74 Å². The number of hydrogen-bond acceptors (Lipinski definition) is 7. The summed E-state index contributed by atoms with van der Waals surface area (Å²) in [6.45, 7) is 0.774. The van der Waals surface area contributed by atoms with Crippen LogP contribution < -0.4 is 5.32 Å². The highest BCUT2D eigenvalue weighted by atomic mass is 32.2. The molecule has 1 fully saturated rings. The minimum Gasteiger partial charge on any atom is -0.465 e. The van der Waals surface area contributed by atoms with Crippen molar-refractivity contribution in [2.45, 2.75) is 17.6 Å². The van der Waals surface area contributed by atoms with Crippen molar-refractivity contribution in [1.29, 1.82) is 0 Å². The third-order valence-electron chi connectivity index (χ3n) is 4.60. The smallest absolute Gasteiger partial charge is 0.416 e. The van der Waals surface area contributed by atoms with Gasteiger partial charge in [0, 0.05) is 25.8 Å². The van der Waals surface area contributed by atoms with Gasteiger partial charge < -0.3 is 14.8 Å². The van der Waals surface area contributed by atoms with Crippen LogP contribution in [0.1, 0.15) is 21.5 Å². The molecule has 0 amide bonds. The number of carbonyl (C=O) groups is 1. The molecular weight excluding hydrogens is 439 g/mol. The number of rotatable bonds is 6. The number of pyridine rings is 1. The van der Waals surface area contributed by atoms with E-state index in [0.29, 0.717) is 5.56 Å². The first-order chi connectivity index (χ1) is 14.6. The molecule has 0 atom stereocenters. The van der Waals surface area contributed by atoms with Gasteiger partial charge in [-0.3, -0.25) is 0 Å². The lowest BCUT2D eigenvalue weighted by molar-refractivity contribution is -0.137. The van der Waals surface area contributed by atoms with E-state index in [2.05, 4.69) is 15.0 Å². The first-order valence-corrected chi connectivity index (χ1v) is 10.6. The summed E-state index contributed by atoms with van der Waals surface area (Å²) in [5.74, 6) is -0.778. The van der Waals surface area contributed by atoms with Crippen LogP contribution in [-0.2, 0) is 32.2 Å². The Kier molecular flexibility index (Phi) is 6.82. The van der Waals surface area contributed by atoms with Crippen LogP contribution >= 0.6 is 0 Å². The monoisotopic (exact) mass is 459 g/mol. The average molecular weight is 459 g/mol. The predicted molar refractivity (Wildman–Crippen MR) is 104 cm³/mol. The molecule has 3 rings (SSSR count). The number of benzene rings is 1. The third kappa shape index (κ3) is 5.32. The summed E-state index contributed by atoms with van der Waals surface area (Å²) >= 11 is 0. The summed E-state index contributed by atoms with van der Waals surface area (Å²) in [5, 5.41) is 2.84. The lowest BCUT2D eigenvalue weighted by Crippen LogP contribution is -2.41. The summed E-state index contributed by atoms with van der Waals surface area (Å²) in [5.41, 5.74) is -0.344. The predicted octanol–water partition coefficient (Wildman–Crippen LogP) is 2.52. The van der Waals surface area contributed by atoms with E-state index in [1.54, 1.807) is 0 Å². The Balaban J connectivity index is 1.89. The standard InChI is InChI=1S/C19H20F3N3O5S/c1-29-18(26)14-10-16(31(27,28)25-6-8-30-9-7-25)17(24-12-14)23-11-13-2-4-15(5-3-13)19(20,21)22/h2-5,10,12H,6-9,11H2,1H3,(H,23,24). The van der Waals surface area contributed by atoms with Gasteiger partial charge in [0.15, 0.2) is 0 Å². The summed E-state index contributed by atoms with van der Waals surface area (Å²) in [7, 11) is -2.85. The summed E-state index contributed by atoms with van der Waals surface area (Å²) in [6.07, 6.45) is -3.28. The minimum absolute atomic E-state index is 0.0222. The van der Waals surface area contributed by atoms with Crippen molar-refractivity contribution in [2.24, 2.45) is 0 Å². The number of aromatic nitrogens is 1. The van der Waals surface area contributed by atoms with Crippen LogP contribution in [0.4, 0.5) is 19.0 Å². The third-order valence-corrected chi connectivity index (χ3v) is 6.51. The van der Waals surface area contributed by atoms with Crippen LogP contribution in [0.25, 0.3) is 0 Å². The minimum atomic E-state index is -4.45. The fraction of sp³-hybridized carbons (Fsp3) is 0.368. The van der Waals surface area contributed by atoms with Gasteiger partial charge in [0.2, 0.25) is 10.0 Å². The molecule has 0 spiro atoms. The Bertz CT molecular complexity index is 1040. The number of hydrogen-bond donors (Lipinski definition) is 1. The molecule has 0 radical (unpaired) electrons. The van der Waals surface area contributed by atoms with E-state index in [1.165, 1.54) is 28.7 Å². The maximum Gasteiger partial charge on any atom is 0.416 e. The van der Waals surface area contributed by atoms with Gasteiger partial charge in [-0.25, -0.2) is 18.2 Å². The number of halogens is 3. The van der Waals surface area contributed by atoms with Gasteiger partial charge in [0.05, 0.1) is 31.5 Å². The first kappa shape index (κ1) is 23.0. The molecule has 0 aliphatic carbocycles. The average Bonchev–Trinajstić information content (AvgIpc) is 2.77. The van der Waals surface area contributed by atoms with Crippen LogP contribution in [0.15, 0.2) is 41.4 Å². The molecule has 1 N–H and O–H groups in total. The number of anilines is 1. The van der Waals surface area contributed by atoms with Gasteiger partial charge in [0.1, 0.15) is 10.7 Å². The first-order valence-electron chi connectivity index (χ1n) is 9.19. The molecule has 2 aromatic rings. The van der Waals surface area contributed by atoms with Crippen LogP contribution in [0.2, 0.25) is 0 Å². The SMILES string of the molecule is COC(=O)c1cnc(NCc2ccc(C(F)(F)F)cc2)c(S(=O)(=O)N2CCOCC2)c1. The number of methoxy groups -OCH3 is 1. The van der Waals surface area contributed by atoms with Gasteiger partial charge in [-0.2, -0.15) is 17.5 Å². The largest absolute Gasteiger partial charge is 0.465 e. The van der Waals surface area contributed by atoms with E-state index >= 15 is 0 Å². The quantitative estimate of drug-likeness (QED) is 0.663. The van der Waals surface area contributed by atoms with Gasteiger partial charge in [0.25, 0.3) is 0 Å². The summed E-state index contributed by atoms with van der Waals surface area (Å²) in [6, 6.07) is 5.62. The van der Waals surface area contributed by atoms with E-state index in [1.807, 2.05) is 0 Å². The topological polar surface area (TPSA) is 97.8 Å². The Labute approximate surface area is 177 Å². The highest BCUT2D eigenvalue weighted by Crippen LogP contribution is 2.29. The van der Waals surface area contributed by atoms with Gasteiger partial charge in [-0.05, 0) is 23.8 Å². The Hall–Kier alpha value is -2.70. The lowest BCUT2D eigenvalue weighted by atomic mass is 10.1. The van der Waals surface area contributed by atoms with Crippen molar-refractivity contribution in [1.82, 2.24) is 9.29 Å². The Morgan fingerprint density at radius 2 is 1.87 bits per heavy atom. The normalized spacial score (nSPS) is 15.5. The molecular formula is C19H20F3N3O5S. The van der Waals surface area contributed by atoms with Crippen molar-refractivity contribution in [3.8, 4) is 0 Å². The van der Waals surface area contributed by atoms with Crippen LogP contribution in [-0.4, -0.2) is 57.1 Å². The van der Waals surface area contributed by atoms with E-state index in [9.17, 15) is 26.4 Å². The zero-order valence-corrected chi connectivity index (χ0v) is 17.3. The number of carbonyl (C=O) groups excluding carboxylic acids is 1. The molecule has 0 unspecified atom stereocenters. The molecule has 168 valence electrons. The second kappa shape index (κ2) is 9.20. The number of morpholine rings is 1. The Morgan fingerprint density at radius 3 is 2.45 bits per heavy atom. The van der Waals surface area contributed by atoms with Crippen LogP contribution in [0, 0.1) is 0 Å². The fourth-order valence-electron chi connectivity index (χ4n) is 2.93.